The number of aliphatic imine (C=N–C) groups is 1. The molecule has 1 saturated heterocycles. The summed E-state index contributed by atoms with van der Waals surface area (Å²) < 4.78 is 11.6. The van der Waals surface area contributed by atoms with Crippen molar-refractivity contribution in [3.05, 3.63) is 59.2 Å². The highest BCUT2D eigenvalue weighted by Crippen LogP contribution is 2.41. The fourth-order valence-corrected chi connectivity index (χ4v) is 5.47. The van der Waals surface area contributed by atoms with Crippen LogP contribution in [0, 0.1) is 6.92 Å². The molecule has 0 aromatic heterocycles. The molecule has 0 spiro atoms. The van der Waals surface area contributed by atoms with E-state index in [1.807, 2.05) is 18.9 Å². The Kier molecular flexibility index (Phi) is 4.98. The van der Waals surface area contributed by atoms with Gasteiger partial charge in [0, 0.05) is 55.2 Å². The van der Waals surface area contributed by atoms with Crippen molar-refractivity contribution in [2.75, 3.05) is 38.3 Å². The zero-order valence-electron chi connectivity index (χ0n) is 17.0. The van der Waals surface area contributed by atoms with Gasteiger partial charge in [0.05, 0.1) is 12.1 Å². The Labute approximate surface area is 176 Å². The zero-order valence-corrected chi connectivity index (χ0v) is 17.8. The van der Waals surface area contributed by atoms with Crippen LogP contribution in [-0.4, -0.2) is 39.2 Å². The molecule has 0 atom stereocenters. The lowest BCUT2D eigenvalue weighted by Crippen LogP contribution is -2.36. The number of aryl methyl sites for hydroxylation is 1. The van der Waals surface area contributed by atoms with Crippen molar-refractivity contribution >= 4 is 29.4 Å². The summed E-state index contributed by atoms with van der Waals surface area (Å²) in [6.07, 6.45) is 6.12. The quantitative estimate of drug-likeness (QED) is 0.712. The number of fused-ring (bicyclic) bond motifs is 3. The fraction of sp³-hybridized carbons (Fsp3) is 0.375. The Morgan fingerprint density at radius 3 is 2.69 bits per heavy atom. The van der Waals surface area contributed by atoms with Crippen molar-refractivity contribution < 1.29 is 9.47 Å². The van der Waals surface area contributed by atoms with Crippen LogP contribution in [0.4, 0.5) is 5.69 Å². The van der Waals surface area contributed by atoms with E-state index < -0.39 is 0 Å². The highest BCUT2D eigenvalue weighted by atomic mass is 32.2. The van der Waals surface area contributed by atoms with Crippen molar-refractivity contribution in [1.29, 1.82) is 0 Å². The largest absolute Gasteiger partial charge is 0.381 e. The molecule has 29 heavy (non-hydrogen) atoms. The number of amidine groups is 1. The van der Waals surface area contributed by atoms with Crippen LogP contribution in [0.5, 0.6) is 0 Å². The van der Waals surface area contributed by atoms with Crippen molar-refractivity contribution in [1.82, 2.24) is 0 Å². The number of rotatable bonds is 4. The highest BCUT2D eigenvalue weighted by Gasteiger charge is 2.35. The number of benzene rings is 2. The van der Waals surface area contributed by atoms with Gasteiger partial charge in [0.25, 0.3) is 0 Å². The van der Waals surface area contributed by atoms with Gasteiger partial charge in [0.1, 0.15) is 5.84 Å². The maximum Gasteiger partial charge on any atom is 0.128 e. The number of hydrogen-bond donors (Lipinski definition) is 0. The molecule has 3 aliphatic heterocycles. The topological polar surface area (TPSA) is 34.1 Å². The molecule has 150 valence electrons. The molecule has 5 heteroatoms. The van der Waals surface area contributed by atoms with E-state index in [1.165, 1.54) is 32.2 Å². The van der Waals surface area contributed by atoms with Crippen LogP contribution in [0.1, 0.15) is 29.5 Å². The third-order valence-corrected chi connectivity index (χ3v) is 7.18. The molecule has 3 heterocycles. The van der Waals surface area contributed by atoms with Crippen LogP contribution in [0.2, 0.25) is 0 Å². The van der Waals surface area contributed by atoms with Gasteiger partial charge in [-0.2, -0.15) is 0 Å². The Balaban J connectivity index is 1.43. The van der Waals surface area contributed by atoms with Gasteiger partial charge >= 0.3 is 0 Å². The van der Waals surface area contributed by atoms with E-state index in [4.69, 9.17) is 9.47 Å². The summed E-state index contributed by atoms with van der Waals surface area (Å²) in [5, 5.41) is 0. The predicted molar refractivity (Wildman–Crippen MR) is 119 cm³/mol. The average molecular weight is 407 g/mol. The van der Waals surface area contributed by atoms with Crippen LogP contribution in [-0.2, 0) is 15.1 Å². The Bertz CT molecular complexity index is 992. The monoisotopic (exact) mass is 406 g/mol. The van der Waals surface area contributed by atoms with Gasteiger partial charge in [0.2, 0.25) is 0 Å². The first-order chi connectivity index (χ1) is 14.2. The molecule has 0 N–H and O–H groups in total. The summed E-state index contributed by atoms with van der Waals surface area (Å²) in [5.41, 5.74) is 4.87. The first kappa shape index (κ1) is 18.9. The molecule has 0 radical (unpaired) electrons. The smallest absolute Gasteiger partial charge is 0.128 e. The van der Waals surface area contributed by atoms with Gasteiger partial charge in [-0.05, 0) is 66.1 Å². The first-order valence-electron chi connectivity index (χ1n) is 10.2. The van der Waals surface area contributed by atoms with E-state index in [-0.39, 0.29) is 5.60 Å². The molecule has 4 nitrogen and oxygen atoms in total. The van der Waals surface area contributed by atoms with Crippen molar-refractivity contribution in [3.63, 3.8) is 0 Å². The molecule has 2 aromatic carbocycles. The van der Waals surface area contributed by atoms with Crippen LogP contribution in [0.15, 0.2) is 57.3 Å². The van der Waals surface area contributed by atoms with E-state index >= 15 is 0 Å². The third kappa shape index (κ3) is 3.41. The maximum absolute atomic E-state index is 6.05. The normalized spacial score (nSPS) is 19.7. The van der Waals surface area contributed by atoms with Gasteiger partial charge in [-0.15, -0.1) is 0 Å². The van der Waals surface area contributed by atoms with Gasteiger partial charge in [-0.1, -0.05) is 17.8 Å². The SMILES string of the molecule is COC1(c2cc(Sc3ccc4c(c3)C=CC3=NCCN34)ccc2C)CCOCC1. The summed E-state index contributed by atoms with van der Waals surface area (Å²) in [7, 11) is 1.83. The molecular weight excluding hydrogens is 380 g/mol. The summed E-state index contributed by atoms with van der Waals surface area (Å²) >= 11 is 1.81. The second-order valence-corrected chi connectivity index (χ2v) is 8.98. The van der Waals surface area contributed by atoms with E-state index in [1.54, 1.807) is 0 Å². The molecule has 0 bridgehead atoms. The summed E-state index contributed by atoms with van der Waals surface area (Å²) in [4.78, 5) is 9.36. The Morgan fingerprint density at radius 2 is 1.86 bits per heavy atom. The molecule has 0 saturated carbocycles. The van der Waals surface area contributed by atoms with E-state index in [0.29, 0.717) is 0 Å². The lowest BCUT2D eigenvalue weighted by Gasteiger charge is -2.37. The zero-order chi connectivity index (χ0) is 19.8. The summed E-state index contributed by atoms with van der Waals surface area (Å²) in [6, 6.07) is 13.5. The van der Waals surface area contributed by atoms with Crippen LogP contribution in [0.3, 0.4) is 0 Å². The number of anilines is 1. The lowest BCUT2D eigenvalue weighted by atomic mass is 9.83. The van der Waals surface area contributed by atoms with Crippen LogP contribution < -0.4 is 4.90 Å². The highest BCUT2D eigenvalue weighted by molar-refractivity contribution is 7.99. The molecule has 0 aliphatic carbocycles. The van der Waals surface area contributed by atoms with Gasteiger partial charge in [-0.25, -0.2) is 0 Å². The third-order valence-electron chi connectivity index (χ3n) is 6.20. The number of methoxy groups -OCH3 is 1. The second kappa shape index (κ2) is 7.63. The van der Waals surface area contributed by atoms with Gasteiger partial charge < -0.3 is 14.4 Å². The minimum Gasteiger partial charge on any atom is -0.381 e. The van der Waals surface area contributed by atoms with Crippen molar-refractivity contribution in [3.8, 4) is 0 Å². The maximum atomic E-state index is 6.05. The Morgan fingerprint density at radius 1 is 1.07 bits per heavy atom. The average Bonchev–Trinajstić information content (AvgIpc) is 3.25. The minimum atomic E-state index is -0.233. The fourth-order valence-electron chi connectivity index (χ4n) is 4.57. The standard InChI is InChI=1S/C24H26N2O2S/c1-17-3-5-20(16-21(17)24(27-2)9-13-28-14-10-24)29-19-6-7-22-18(15-19)4-8-23-25-11-12-26(22)23/h3-8,15-16H,9-14H2,1-2H3. The Hall–Kier alpha value is -2.08. The van der Waals surface area contributed by atoms with Gasteiger partial charge in [-0.3, -0.25) is 4.99 Å². The van der Waals surface area contributed by atoms with Crippen molar-refractivity contribution in [2.24, 2.45) is 4.99 Å². The molecule has 2 aromatic rings. The van der Waals surface area contributed by atoms with Gasteiger partial charge in [0.15, 0.2) is 0 Å². The number of hydrogen-bond acceptors (Lipinski definition) is 5. The van der Waals surface area contributed by atoms with Crippen LogP contribution >= 0.6 is 11.8 Å². The minimum absolute atomic E-state index is 0.233. The molecule has 0 amide bonds. The summed E-state index contributed by atoms with van der Waals surface area (Å²) in [5.74, 6) is 1.09. The van der Waals surface area contributed by atoms with Crippen LogP contribution in [0.25, 0.3) is 6.08 Å². The molecular formula is C24H26N2O2S. The molecule has 0 unspecified atom stereocenters. The number of nitrogens with zero attached hydrogens (tertiary/aromatic N) is 2. The number of ether oxygens (including phenoxy) is 2. The second-order valence-electron chi connectivity index (χ2n) is 7.84. The summed E-state index contributed by atoms with van der Waals surface area (Å²) in [6.45, 7) is 5.55. The molecule has 3 aliphatic rings. The predicted octanol–water partition coefficient (Wildman–Crippen LogP) is 5.04. The lowest BCUT2D eigenvalue weighted by molar-refractivity contribution is -0.0952. The van der Waals surface area contributed by atoms with E-state index in [2.05, 4.69) is 65.4 Å². The molecule has 1 fully saturated rings. The molecule has 5 rings (SSSR count). The first-order valence-corrected chi connectivity index (χ1v) is 11.1. The van der Waals surface area contributed by atoms with E-state index in [0.717, 1.165) is 45.0 Å². The van der Waals surface area contributed by atoms with Crippen molar-refractivity contribution in [2.45, 2.75) is 35.2 Å². The van der Waals surface area contributed by atoms with E-state index in [9.17, 15) is 0 Å².